The van der Waals surface area contributed by atoms with Crippen LogP contribution in [0.2, 0.25) is 0 Å². The molecule has 2 aliphatic heterocycles. The predicted octanol–water partition coefficient (Wildman–Crippen LogP) is 4.16. The van der Waals surface area contributed by atoms with E-state index in [4.69, 9.17) is 0 Å². The summed E-state index contributed by atoms with van der Waals surface area (Å²) in [5, 5.41) is 11.1. The summed E-state index contributed by atoms with van der Waals surface area (Å²) in [6.45, 7) is 3.16. The zero-order valence-corrected chi connectivity index (χ0v) is 21.0. The Kier molecular flexibility index (Phi) is 6.63. The largest absolute Gasteiger partial charge is 0.353 e. The van der Waals surface area contributed by atoms with Crippen LogP contribution in [0.5, 0.6) is 0 Å². The Morgan fingerprint density at radius 3 is 2.44 bits per heavy atom. The van der Waals surface area contributed by atoms with Crippen LogP contribution in [0.1, 0.15) is 50.5 Å². The Bertz CT molecular complexity index is 1060. The molecular formula is C29H37N5O2. The lowest BCUT2D eigenvalue weighted by Gasteiger charge is -2.38. The number of carbonyl (C=O) groups is 2. The summed E-state index contributed by atoms with van der Waals surface area (Å²) in [4.78, 5) is 29.7. The molecule has 2 amide bonds. The maximum absolute atomic E-state index is 12.9. The summed E-state index contributed by atoms with van der Waals surface area (Å²) in [6, 6.07) is 12.1. The van der Waals surface area contributed by atoms with E-state index in [9.17, 15) is 9.59 Å². The fourth-order valence-electron chi connectivity index (χ4n) is 6.96. The second-order valence-corrected chi connectivity index (χ2v) is 11.5. The molecule has 1 N–H and O–H groups in total. The number of hydrogen-bond acceptors (Lipinski definition) is 5. The first kappa shape index (κ1) is 23.4. The van der Waals surface area contributed by atoms with Crippen LogP contribution in [0.4, 0.5) is 11.5 Å². The van der Waals surface area contributed by atoms with Gasteiger partial charge in [0.2, 0.25) is 11.8 Å². The molecule has 0 spiro atoms. The number of piperidine rings is 1. The van der Waals surface area contributed by atoms with Crippen molar-refractivity contribution in [3.05, 3.63) is 48.2 Å². The number of amides is 2. The van der Waals surface area contributed by atoms with Gasteiger partial charge < -0.3 is 15.1 Å². The van der Waals surface area contributed by atoms with Gasteiger partial charge in [0, 0.05) is 44.5 Å². The number of nitrogens with one attached hydrogen (secondary N) is 1. The van der Waals surface area contributed by atoms with Crippen molar-refractivity contribution in [3.8, 4) is 0 Å². The topological polar surface area (TPSA) is 78.4 Å². The average Bonchev–Trinajstić information content (AvgIpc) is 3.49. The van der Waals surface area contributed by atoms with Crippen molar-refractivity contribution < 1.29 is 9.59 Å². The van der Waals surface area contributed by atoms with Crippen LogP contribution in [-0.4, -0.2) is 53.1 Å². The van der Waals surface area contributed by atoms with Gasteiger partial charge >= 0.3 is 0 Å². The fourth-order valence-corrected chi connectivity index (χ4v) is 6.96. The molecule has 3 heterocycles. The van der Waals surface area contributed by atoms with Gasteiger partial charge in [0.25, 0.3) is 0 Å². The van der Waals surface area contributed by atoms with Crippen LogP contribution >= 0.6 is 0 Å². The highest BCUT2D eigenvalue weighted by Crippen LogP contribution is 2.49. The van der Waals surface area contributed by atoms with Gasteiger partial charge in [0.15, 0.2) is 5.82 Å². The monoisotopic (exact) mass is 487 g/mol. The molecule has 2 saturated carbocycles. The van der Waals surface area contributed by atoms with Gasteiger partial charge in [0.05, 0.1) is 5.92 Å². The van der Waals surface area contributed by atoms with Gasteiger partial charge in [0.1, 0.15) is 0 Å². The number of fused-ring (bicyclic) bond motifs is 2. The smallest absolute Gasteiger partial charge is 0.231 e. The minimum Gasteiger partial charge on any atom is -0.353 e. The first-order valence-corrected chi connectivity index (χ1v) is 13.8. The minimum atomic E-state index is -0.0246. The Balaban J connectivity index is 0.918. The van der Waals surface area contributed by atoms with Gasteiger partial charge in [-0.1, -0.05) is 18.6 Å². The molecule has 4 aliphatic rings. The minimum absolute atomic E-state index is 0.0246. The molecule has 7 nitrogen and oxygen atoms in total. The van der Waals surface area contributed by atoms with Crippen molar-refractivity contribution in [2.24, 2.45) is 29.6 Å². The summed E-state index contributed by atoms with van der Waals surface area (Å²) < 4.78 is 0. The summed E-state index contributed by atoms with van der Waals surface area (Å²) in [6.07, 6.45) is 11.1. The average molecular weight is 488 g/mol. The molecule has 4 fully saturated rings. The normalized spacial score (nSPS) is 26.2. The fraction of sp³-hybridized carbons (Fsp3) is 0.586. The Labute approximate surface area is 213 Å². The maximum Gasteiger partial charge on any atom is 0.231 e. The SMILES string of the molecule is O=C(Nc1ccc(CC2CCN(C(=O)CC3C[C@@H]4CCC3C4)CC2)cc1)C1CN(c2cccnn2)C1. The van der Waals surface area contributed by atoms with Crippen molar-refractivity contribution >= 4 is 23.3 Å². The first-order valence-electron chi connectivity index (χ1n) is 13.8. The van der Waals surface area contributed by atoms with E-state index in [2.05, 4.69) is 37.4 Å². The van der Waals surface area contributed by atoms with Crippen molar-refractivity contribution in [2.75, 3.05) is 36.4 Å². The third-order valence-corrected chi connectivity index (χ3v) is 9.17. The van der Waals surface area contributed by atoms with Gasteiger partial charge in [-0.05, 0) is 92.0 Å². The molecule has 1 aromatic carbocycles. The summed E-state index contributed by atoms with van der Waals surface area (Å²) in [5.74, 6) is 4.29. The van der Waals surface area contributed by atoms with E-state index in [1.54, 1.807) is 6.20 Å². The number of carbonyl (C=O) groups excluding carboxylic acids is 2. The Morgan fingerprint density at radius 1 is 0.972 bits per heavy atom. The lowest BCUT2D eigenvalue weighted by Crippen LogP contribution is -2.52. The van der Waals surface area contributed by atoms with Crippen LogP contribution in [0.15, 0.2) is 42.6 Å². The van der Waals surface area contributed by atoms with E-state index in [1.807, 2.05) is 24.3 Å². The molecule has 36 heavy (non-hydrogen) atoms. The summed E-state index contributed by atoms with van der Waals surface area (Å²) in [7, 11) is 0. The number of anilines is 2. The summed E-state index contributed by atoms with van der Waals surface area (Å²) >= 11 is 0. The molecule has 2 unspecified atom stereocenters. The Hall–Kier alpha value is -2.96. The molecule has 6 rings (SSSR count). The molecule has 2 aliphatic carbocycles. The summed E-state index contributed by atoms with van der Waals surface area (Å²) in [5.41, 5.74) is 2.15. The highest BCUT2D eigenvalue weighted by atomic mass is 16.2. The van der Waals surface area contributed by atoms with E-state index in [0.717, 1.165) is 62.1 Å². The second kappa shape index (κ2) is 10.2. The van der Waals surface area contributed by atoms with Gasteiger partial charge in [-0.15, -0.1) is 5.10 Å². The highest BCUT2D eigenvalue weighted by molar-refractivity contribution is 5.94. The zero-order valence-electron chi connectivity index (χ0n) is 21.0. The van der Waals surface area contributed by atoms with Crippen molar-refractivity contribution in [1.82, 2.24) is 15.1 Å². The molecule has 2 bridgehead atoms. The molecule has 1 aromatic heterocycles. The molecule has 2 saturated heterocycles. The van der Waals surface area contributed by atoms with E-state index >= 15 is 0 Å². The maximum atomic E-state index is 12.9. The molecule has 3 atom stereocenters. The molecular weight excluding hydrogens is 450 g/mol. The van der Waals surface area contributed by atoms with Crippen LogP contribution in [-0.2, 0) is 16.0 Å². The molecule has 0 radical (unpaired) electrons. The van der Waals surface area contributed by atoms with E-state index < -0.39 is 0 Å². The third kappa shape index (κ3) is 5.11. The van der Waals surface area contributed by atoms with Crippen LogP contribution in [0.3, 0.4) is 0 Å². The lowest BCUT2D eigenvalue weighted by molar-refractivity contribution is -0.134. The standard InChI is InChI=1S/C29H37N5O2/c35-28(17-24-16-22-3-6-23(24)15-22)33-12-9-21(10-13-33)14-20-4-7-26(8-5-20)31-29(36)25-18-34(19-25)27-2-1-11-30-32-27/h1-2,4-5,7-8,11,21-25H,3,6,9-10,12-19H2,(H,31,36)/t22-,23?,24?/m1/s1. The highest BCUT2D eigenvalue weighted by Gasteiger charge is 2.41. The number of hydrogen-bond donors (Lipinski definition) is 1. The predicted molar refractivity (Wildman–Crippen MR) is 139 cm³/mol. The van der Waals surface area contributed by atoms with E-state index in [1.165, 1.54) is 31.2 Å². The number of aromatic nitrogens is 2. The van der Waals surface area contributed by atoms with Gasteiger partial charge in [-0.25, -0.2) is 0 Å². The Morgan fingerprint density at radius 2 is 1.78 bits per heavy atom. The number of rotatable bonds is 7. The molecule has 2 aromatic rings. The zero-order chi connectivity index (χ0) is 24.5. The van der Waals surface area contributed by atoms with Crippen LogP contribution in [0.25, 0.3) is 0 Å². The van der Waals surface area contributed by atoms with Crippen LogP contribution < -0.4 is 10.2 Å². The number of benzene rings is 1. The van der Waals surface area contributed by atoms with Gasteiger partial charge in [-0.2, -0.15) is 5.10 Å². The van der Waals surface area contributed by atoms with E-state index in [-0.39, 0.29) is 11.8 Å². The van der Waals surface area contributed by atoms with E-state index in [0.29, 0.717) is 30.8 Å². The third-order valence-electron chi connectivity index (χ3n) is 9.17. The van der Waals surface area contributed by atoms with Gasteiger partial charge in [-0.3, -0.25) is 9.59 Å². The number of likely N-dealkylation sites (tertiary alicyclic amines) is 1. The van der Waals surface area contributed by atoms with Crippen molar-refractivity contribution in [3.63, 3.8) is 0 Å². The van der Waals surface area contributed by atoms with Crippen molar-refractivity contribution in [2.45, 2.75) is 51.4 Å². The quantitative estimate of drug-likeness (QED) is 0.635. The molecule has 7 heteroatoms. The van der Waals surface area contributed by atoms with Crippen LogP contribution in [0, 0.1) is 29.6 Å². The first-order chi connectivity index (χ1) is 17.6. The van der Waals surface area contributed by atoms with Crippen molar-refractivity contribution in [1.29, 1.82) is 0 Å². The number of nitrogens with zero attached hydrogens (tertiary/aromatic N) is 4. The second-order valence-electron chi connectivity index (χ2n) is 11.5. The lowest BCUT2D eigenvalue weighted by atomic mass is 9.85. The molecule has 190 valence electrons.